The molecule has 1 rings (SSSR count). The van der Waals surface area contributed by atoms with Crippen LogP contribution in [-0.2, 0) is 9.47 Å². The molecule has 5 nitrogen and oxygen atoms in total. The van der Waals surface area contributed by atoms with Crippen molar-refractivity contribution >= 4 is 12.0 Å². The van der Waals surface area contributed by atoms with Gasteiger partial charge >= 0.3 is 5.97 Å². The number of hydrogen-bond acceptors (Lipinski definition) is 5. The van der Waals surface area contributed by atoms with Crippen LogP contribution in [-0.4, -0.2) is 29.9 Å². The molecule has 1 aromatic heterocycles. The number of aromatic nitrogens is 2. The van der Waals surface area contributed by atoms with E-state index in [4.69, 9.17) is 4.74 Å². The first-order valence-electron chi connectivity index (χ1n) is 4.48. The zero-order chi connectivity index (χ0) is 11.1. The van der Waals surface area contributed by atoms with Crippen LogP contribution in [0.2, 0.25) is 0 Å². The third-order valence-electron chi connectivity index (χ3n) is 1.58. The molecule has 0 radical (unpaired) electrons. The average Bonchev–Trinajstić information content (AvgIpc) is 2.29. The second-order valence-corrected chi connectivity index (χ2v) is 2.59. The quantitative estimate of drug-likeness (QED) is 0.550. The van der Waals surface area contributed by atoms with Crippen LogP contribution in [0.15, 0.2) is 18.4 Å². The number of nitrogens with zero attached hydrogens (tertiary/aromatic N) is 2. The maximum atomic E-state index is 11.0. The van der Waals surface area contributed by atoms with Crippen molar-refractivity contribution < 1.29 is 14.3 Å². The minimum absolute atomic E-state index is 0.186. The van der Waals surface area contributed by atoms with Crippen LogP contribution in [0.25, 0.3) is 6.08 Å². The van der Waals surface area contributed by atoms with E-state index in [1.807, 2.05) is 6.92 Å². The van der Waals surface area contributed by atoms with Crippen molar-refractivity contribution in [3.63, 3.8) is 0 Å². The predicted molar refractivity (Wildman–Crippen MR) is 54.0 cm³/mol. The lowest BCUT2D eigenvalue weighted by Gasteiger charge is -1.97. The zero-order valence-electron chi connectivity index (χ0n) is 8.64. The number of esters is 1. The van der Waals surface area contributed by atoms with Gasteiger partial charge in [0.05, 0.1) is 25.7 Å². The number of hydrogen-bond donors (Lipinski definition) is 0. The third-order valence-corrected chi connectivity index (χ3v) is 1.58. The van der Waals surface area contributed by atoms with Crippen molar-refractivity contribution in [2.45, 2.75) is 6.92 Å². The van der Waals surface area contributed by atoms with Gasteiger partial charge in [0.25, 0.3) is 0 Å². The largest absolute Gasteiger partial charge is 0.501 e. The monoisotopic (exact) mass is 208 g/mol. The minimum atomic E-state index is -0.497. The SMILES string of the molecule is CCOC=Cc1ccc(C(=O)OC)nn1. The van der Waals surface area contributed by atoms with Gasteiger partial charge in [-0.15, -0.1) is 5.10 Å². The van der Waals surface area contributed by atoms with Gasteiger partial charge in [-0.2, -0.15) is 5.10 Å². The molecule has 0 saturated heterocycles. The normalized spacial score (nSPS) is 10.3. The second-order valence-electron chi connectivity index (χ2n) is 2.59. The van der Waals surface area contributed by atoms with Gasteiger partial charge in [-0.1, -0.05) is 0 Å². The number of ether oxygens (including phenoxy) is 2. The Morgan fingerprint density at radius 1 is 1.47 bits per heavy atom. The van der Waals surface area contributed by atoms with Gasteiger partial charge in [-0.3, -0.25) is 0 Å². The van der Waals surface area contributed by atoms with Crippen LogP contribution in [0.1, 0.15) is 23.1 Å². The van der Waals surface area contributed by atoms with E-state index in [1.54, 1.807) is 18.2 Å². The molecular formula is C10H12N2O3. The zero-order valence-corrected chi connectivity index (χ0v) is 8.64. The highest BCUT2D eigenvalue weighted by molar-refractivity contribution is 5.86. The molecule has 0 N–H and O–H groups in total. The van der Waals surface area contributed by atoms with E-state index < -0.39 is 5.97 Å². The van der Waals surface area contributed by atoms with E-state index in [0.29, 0.717) is 12.3 Å². The summed E-state index contributed by atoms with van der Waals surface area (Å²) in [6.45, 7) is 2.49. The Hall–Kier alpha value is -1.91. The van der Waals surface area contributed by atoms with E-state index >= 15 is 0 Å². The molecule has 80 valence electrons. The number of rotatable bonds is 4. The second kappa shape index (κ2) is 5.74. The van der Waals surface area contributed by atoms with Gasteiger partial charge in [-0.25, -0.2) is 4.79 Å². The van der Waals surface area contributed by atoms with Gasteiger partial charge in [0.2, 0.25) is 0 Å². The first kappa shape index (κ1) is 11.2. The standard InChI is InChI=1S/C10H12N2O3/c1-3-15-7-6-8-4-5-9(12-11-8)10(13)14-2/h4-7H,3H2,1-2H3. The molecule has 1 heterocycles. The lowest BCUT2D eigenvalue weighted by atomic mass is 10.3. The van der Waals surface area contributed by atoms with Gasteiger partial charge < -0.3 is 9.47 Å². The molecule has 15 heavy (non-hydrogen) atoms. The molecule has 0 aliphatic carbocycles. The van der Waals surface area contributed by atoms with Gasteiger partial charge in [-0.05, 0) is 19.1 Å². The van der Waals surface area contributed by atoms with Gasteiger partial charge in [0, 0.05) is 6.08 Å². The predicted octanol–water partition coefficient (Wildman–Crippen LogP) is 1.27. The Kier molecular flexibility index (Phi) is 4.28. The summed E-state index contributed by atoms with van der Waals surface area (Å²) in [6, 6.07) is 3.21. The molecular weight excluding hydrogens is 196 g/mol. The molecule has 0 saturated carbocycles. The molecule has 0 aromatic carbocycles. The Labute approximate surface area is 87.7 Å². The highest BCUT2D eigenvalue weighted by Crippen LogP contribution is 2.00. The first-order chi connectivity index (χ1) is 7.27. The Morgan fingerprint density at radius 2 is 2.27 bits per heavy atom. The summed E-state index contributed by atoms with van der Waals surface area (Å²) in [5.41, 5.74) is 0.808. The van der Waals surface area contributed by atoms with Crippen LogP contribution in [0.5, 0.6) is 0 Å². The van der Waals surface area contributed by atoms with Crippen LogP contribution >= 0.6 is 0 Å². The van der Waals surface area contributed by atoms with Crippen LogP contribution < -0.4 is 0 Å². The summed E-state index contributed by atoms with van der Waals surface area (Å²) in [4.78, 5) is 11.0. The smallest absolute Gasteiger partial charge is 0.358 e. The molecule has 5 heteroatoms. The highest BCUT2D eigenvalue weighted by Gasteiger charge is 2.06. The summed E-state index contributed by atoms with van der Waals surface area (Å²) >= 11 is 0. The fourth-order valence-electron chi connectivity index (χ4n) is 0.859. The fourth-order valence-corrected chi connectivity index (χ4v) is 0.859. The molecule has 0 unspecified atom stereocenters. The lowest BCUT2D eigenvalue weighted by molar-refractivity contribution is 0.0592. The number of methoxy groups -OCH3 is 1. The summed E-state index contributed by atoms with van der Waals surface area (Å²) in [5.74, 6) is -0.497. The summed E-state index contributed by atoms with van der Waals surface area (Å²) in [6.07, 6.45) is 3.19. The maximum Gasteiger partial charge on any atom is 0.358 e. The Balaban J connectivity index is 2.68. The van der Waals surface area contributed by atoms with E-state index in [-0.39, 0.29) is 5.69 Å². The Morgan fingerprint density at radius 3 is 2.80 bits per heavy atom. The van der Waals surface area contributed by atoms with Crippen molar-refractivity contribution in [1.29, 1.82) is 0 Å². The fraction of sp³-hybridized carbons (Fsp3) is 0.300. The van der Waals surface area contributed by atoms with Crippen LogP contribution in [0.4, 0.5) is 0 Å². The van der Waals surface area contributed by atoms with Crippen molar-refractivity contribution in [2.75, 3.05) is 13.7 Å². The van der Waals surface area contributed by atoms with Gasteiger partial charge in [0.15, 0.2) is 5.69 Å². The maximum absolute atomic E-state index is 11.0. The molecule has 0 amide bonds. The van der Waals surface area contributed by atoms with Crippen molar-refractivity contribution in [1.82, 2.24) is 10.2 Å². The minimum Gasteiger partial charge on any atom is -0.501 e. The van der Waals surface area contributed by atoms with Crippen LogP contribution in [0, 0.1) is 0 Å². The van der Waals surface area contributed by atoms with E-state index in [2.05, 4.69) is 14.9 Å². The first-order valence-corrected chi connectivity index (χ1v) is 4.48. The molecule has 0 atom stereocenters. The molecule has 0 bridgehead atoms. The molecule has 0 fully saturated rings. The summed E-state index contributed by atoms with van der Waals surface area (Å²) in [7, 11) is 1.30. The Bertz CT molecular complexity index is 346. The molecule has 0 aliphatic heterocycles. The van der Waals surface area contributed by atoms with Gasteiger partial charge in [0.1, 0.15) is 0 Å². The number of carbonyl (C=O) groups is 1. The topological polar surface area (TPSA) is 61.3 Å². The third kappa shape index (κ3) is 3.38. The molecule has 0 aliphatic rings. The highest BCUT2D eigenvalue weighted by atomic mass is 16.5. The van der Waals surface area contributed by atoms with Crippen LogP contribution in [0.3, 0.4) is 0 Å². The van der Waals surface area contributed by atoms with Crippen molar-refractivity contribution in [2.24, 2.45) is 0 Å². The van der Waals surface area contributed by atoms with Crippen molar-refractivity contribution in [3.05, 3.63) is 29.8 Å². The molecule has 1 aromatic rings. The average molecular weight is 208 g/mol. The van der Waals surface area contributed by atoms with E-state index in [9.17, 15) is 4.79 Å². The van der Waals surface area contributed by atoms with E-state index in [0.717, 1.165) is 0 Å². The molecule has 0 spiro atoms. The van der Waals surface area contributed by atoms with Crippen molar-refractivity contribution in [3.8, 4) is 0 Å². The van der Waals surface area contributed by atoms with E-state index in [1.165, 1.54) is 13.4 Å². The lowest BCUT2D eigenvalue weighted by Crippen LogP contribution is -2.05. The summed E-state index contributed by atoms with van der Waals surface area (Å²) in [5, 5.41) is 7.50. The number of carbonyl (C=O) groups excluding carboxylic acids is 1. The summed E-state index contributed by atoms with van der Waals surface area (Å²) < 4.78 is 9.49.